The molecule has 0 saturated carbocycles. The molecule has 1 unspecified atom stereocenters. The highest BCUT2D eigenvalue weighted by Crippen LogP contribution is 2.26. The Bertz CT molecular complexity index is 553. The van der Waals surface area contributed by atoms with Gasteiger partial charge < -0.3 is 0 Å². The summed E-state index contributed by atoms with van der Waals surface area (Å²) < 4.78 is 30.9. The van der Waals surface area contributed by atoms with Crippen LogP contribution in [0.3, 0.4) is 0 Å². The van der Waals surface area contributed by atoms with Crippen LogP contribution in [0.25, 0.3) is 0 Å². The molecule has 0 saturated heterocycles. The van der Waals surface area contributed by atoms with E-state index in [1.54, 1.807) is 32.1 Å². The van der Waals surface area contributed by atoms with E-state index in [4.69, 9.17) is 4.55 Å². The van der Waals surface area contributed by atoms with Crippen molar-refractivity contribution >= 4 is 22.0 Å². The monoisotopic (exact) mass is 297 g/mol. The minimum absolute atomic E-state index is 0.351. The SMILES string of the molecule is [CH2]C(C=NN(C)c1ccccc1)C(C)(C)CS(=O)(=O)O. The molecule has 0 amide bonds. The molecule has 111 valence electrons. The van der Waals surface area contributed by atoms with E-state index in [0.717, 1.165) is 5.69 Å². The lowest BCUT2D eigenvalue weighted by molar-refractivity contribution is 0.349. The number of benzene rings is 1. The van der Waals surface area contributed by atoms with Crippen LogP contribution in [0.15, 0.2) is 35.4 Å². The van der Waals surface area contributed by atoms with Gasteiger partial charge in [-0.15, -0.1) is 0 Å². The van der Waals surface area contributed by atoms with Gasteiger partial charge in [-0.3, -0.25) is 9.56 Å². The van der Waals surface area contributed by atoms with E-state index in [-0.39, 0.29) is 11.7 Å². The van der Waals surface area contributed by atoms with E-state index in [0.29, 0.717) is 0 Å². The van der Waals surface area contributed by atoms with Gasteiger partial charge in [0, 0.05) is 19.2 Å². The zero-order chi connectivity index (χ0) is 15.4. The molecule has 0 bridgehead atoms. The first-order valence-corrected chi connectivity index (χ1v) is 7.84. The largest absolute Gasteiger partial charge is 0.286 e. The predicted molar refractivity (Wildman–Crippen MR) is 82.4 cm³/mol. The van der Waals surface area contributed by atoms with Crippen LogP contribution >= 0.6 is 0 Å². The van der Waals surface area contributed by atoms with Crippen molar-refractivity contribution in [3.63, 3.8) is 0 Å². The van der Waals surface area contributed by atoms with Gasteiger partial charge in [-0.2, -0.15) is 13.5 Å². The highest BCUT2D eigenvalue weighted by Gasteiger charge is 2.30. The normalized spacial score (nSPS) is 14.4. The number of hydrogen-bond donors (Lipinski definition) is 1. The van der Waals surface area contributed by atoms with E-state index >= 15 is 0 Å². The Kier molecular flexibility index (Phi) is 5.30. The summed E-state index contributed by atoms with van der Waals surface area (Å²) >= 11 is 0. The Hall–Kier alpha value is -1.40. The molecule has 1 N–H and O–H groups in total. The van der Waals surface area contributed by atoms with Gasteiger partial charge in [0.25, 0.3) is 10.1 Å². The molecule has 1 radical (unpaired) electrons. The Morgan fingerprint density at radius 2 is 1.95 bits per heavy atom. The van der Waals surface area contributed by atoms with E-state index in [1.165, 1.54) is 0 Å². The van der Waals surface area contributed by atoms with Gasteiger partial charge in [0.1, 0.15) is 0 Å². The molecule has 1 atom stereocenters. The standard InChI is InChI=1S/C14H21N2O3S/c1-12(14(2,3)11-20(17,18)19)10-15-16(4)13-8-6-5-7-9-13/h5-10,12H,1,11H2,2-4H3,(H,17,18,19). The predicted octanol–water partition coefficient (Wildman–Crippen LogP) is 2.47. The quantitative estimate of drug-likeness (QED) is 0.497. The van der Waals surface area contributed by atoms with Gasteiger partial charge in [-0.25, -0.2) is 0 Å². The Morgan fingerprint density at radius 3 is 2.45 bits per heavy atom. The van der Waals surface area contributed by atoms with Gasteiger partial charge in [-0.1, -0.05) is 32.0 Å². The second kappa shape index (κ2) is 6.37. The molecule has 5 nitrogen and oxygen atoms in total. The van der Waals surface area contributed by atoms with Crippen LogP contribution in [0.4, 0.5) is 5.69 Å². The van der Waals surface area contributed by atoms with Gasteiger partial charge in [-0.05, 0) is 24.5 Å². The van der Waals surface area contributed by atoms with Crippen molar-refractivity contribution < 1.29 is 13.0 Å². The van der Waals surface area contributed by atoms with Crippen LogP contribution in [0.1, 0.15) is 13.8 Å². The van der Waals surface area contributed by atoms with Crippen molar-refractivity contribution in [1.82, 2.24) is 0 Å². The van der Waals surface area contributed by atoms with E-state index in [9.17, 15) is 8.42 Å². The number of rotatable bonds is 6. The smallest absolute Gasteiger partial charge is 0.265 e. The molecule has 1 aromatic carbocycles. The van der Waals surface area contributed by atoms with Crippen molar-refractivity contribution in [2.75, 3.05) is 17.8 Å². The van der Waals surface area contributed by atoms with Crippen LogP contribution in [-0.4, -0.2) is 32.0 Å². The third kappa shape index (κ3) is 5.30. The molecule has 0 aliphatic rings. The second-order valence-electron chi connectivity index (χ2n) is 5.45. The first kappa shape index (κ1) is 16.7. The lowest BCUT2D eigenvalue weighted by Crippen LogP contribution is -2.32. The van der Waals surface area contributed by atoms with E-state index in [1.807, 2.05) is 30.3 Å². The molecule has 0 fully saturated rings. The summed E-state index contributed by atoms with van der Waals surface area (Å²) in [5.41, 5.74) is 0.220. The number of nitrogens with zero attached hydrogens (tertiary/aromatic N) is 2. The fourth-order valence-corrected chi connectivity index (χ4v) is 2.82. The molecule has 0 spiro atoms. The first-order chi connectivity index (χ1) is 9.12. The van der Waals surface area contributed by atoms with Crippen LogP contribution < -0.4 is 5.01 Å². The van der Waals surface area contributed by atoms with Crippen LogP contribution in [0, 0.1) is 18.3 Å². The second-order valence-corrected chi connectivity index (χ2v) is 6.90. The molecule has 0 heterocycles. The Balaban J connectivity index is 2.74. The van der Waals surface area contributed by atoms with Crippen molar-refractivity contribution in [1.29, 1.82) is 0 Å². The number of anilines is 1. The first-order valence-electron chi connectivity index (χ1n) is 6.23. The lowest BCUT2D eigenvalue weighted by atomic mass is 9.83. The molecule has 0 aliphatic heterocycles. The molecule has 6 heteroatoms. The van der Waals surface area contributed by atoms with Crippen LogP contribution in [0.2, 0.25) is 0 Å². The van der Waals surface area contributed by atoms with Crippen molar-refractivity contribution in [2.45, 2.75) is 13.8 Å². The summed E-state index contributed by atoms with van der Waals surface area (Å²) in [5, 5.41) is 5.94. The van der Waals surface area contributed by atoms with Gasteiger partial charge in [0.2, 0.25) is 0 Å². The summed E-state index contributed by atoms with van der Waals surface area (Å²) in [5.74, 6) is -0.703. The summed E-state index contributed by atoms with van der Waals surface area (Å²) in [6, 6.07) is 9.56. The molecule has 20 heavy (non-hydrogen) atoms. The minimum atomic E-state index is -4.03. The number of hydrazone groups is 1. The Labute approximate surface area is 121 Å². The number of para-hydroxylation sites is 1. The average molecular weight is 297 g/mol. The van der Waals surface area contributed by atoms with Gasteiger partial charge in [0.15, 0.2) is 0 Å². The fraction of sp³-hybridized carbons (Fsp3) is 0.429. The molecule has 0 aromatic heterocycles. The summed E-state index contributed by atoms with van der Waals surface area (Å²) in [6.07, 6.45) is 1.60. The third-order valence-corrected chi connectivity index (χ3v) is 4.22. The van der Waals surface area contributed by atoms with Gasteiger partial charge >= 0.3 is 0 Å². The molecule has 0 aliphatic carbocycles. The average Bonchev–Trinajstić information content (AvgIpc) is 2.33. The van der Waals surface area contributed by atoms with E-state index in [2.05, 4.69) is 12.0 Å². The molecular formula is C14H21N2O3S. The maximum atomic E-state index is 11.0. The minimum Gasteiger partial charge on any atom is -0.286 e. The highest BCUT2D eigenvalue weighted by atomic mass is 32.2. The van der Waals surface area contributed by atoms with Gasteiger partial charge in [0.05, 0.1) is 11.4 Å². The topological polar surface area (TPSA) is 70.0 Å². The molecule has 1 rings (SSSR count). The van der Waals surface area contributed by atoms with Crippen molar-refractivity contribution in [3.8, 4) is 0 Å². The maximum Gasteiger partial charge on any atom is 0.265 e. The highest BCUT2D eigenvalue weighted by molar-refractivity contribution is 7.85. The summed E-state index contributed by atoms with van der Waals surface area (Å²) in [6.45, 7) is 7.37. The van der Waals surface area contributed by atoms with Crippen molar-refractivity contribution in [3.05, 3.63) is 37.3 Å². The van der Waals surface area contributed by atoms with E-state index < -0.39 is 15.5 Å². The lowest BCUT2D eigenvalue weighted by Gasteiger charge is -2.27. The van der Waals surface area contributed by atoms with Crippen LogP contribution in [-0.2, 0) is 10.1 Å². The van der Waals surface area contributed by atoms with Crippen molar-refractivity contribution in [2.24, 2.45) is 16.4 Å². The zero-order valence-electron chi connectivity index (χ0n) is 12.0. The third-order valence-electron chi connectivity index (χ3n) is 3.11. The fourth-order valence-electron chi connectivity index (χ4n) is 1.67. The number of hydrogen-bond acceptors (Lipinski definition) is 4. The summed E-state index contributed by atoms with van der Waals surface area (Å²) in [7, 11) is -2.23. The van der Waals surface area contributed by atoms with Crippen LogP contribution in [0.5, 0.6) is 0 Å². The molecule has 1 aromatic rings. The molecular weight excluding hydrogens is 276 g/mol. The zero-order valence-corrected chi connectivity index (χ0v) is 12.8. The Morgan fingerprint density at radius 1 is 1.40 bits per heavy atom. The summed E-state index contributed by atoms with van der Waals surface area (Å²) in [4.78, 5) is 0. The maximum absolute atomic E-state index is 11.0.